The van der Waals surface area contributed by atoms with Gasteiger partial charge in [-0.2, -0.15) is 0 Å². The van der Waals surface area contributed by atoms with E-state index in [0.717, 1.165) is 38.5 Å². The van der Waals surface area contributed by atoms with E-state index in [4.69, 9.17) is 13.7 Å². The highest BCUT2D eigenvalue weighted by atomic mass is 32.1. The maximum absolute atomic E-state index is 6.86. The first-order valence-electron chi connectivity index (χ1n) is 20.8. The van der Waals surface area contributed by atoms with Crippen LogP contribution in [0.25, 0.3) is 75.5 Å². The third-order valence-corrected chi connectivity index (χ3v) is 14.9. The number of furan rings is 1. The monoisotopic (exact) mass is 792 g/mol. The SMILES string of the molecule is CC1(C)OB(c2cccc3c2oc2c(-c4ccc(C5(c6ccc(-c7cccc8c7sc7ccccc78)cc6)c6ccccc6-c6ccccc65)cc4)cccc23)OC1(C)C. The lowest BCUT2D eigenvalue weighted by Gasteiger charge is -2.34. The van der Waals surface area contributed by atoms with Gasteiger partial charge in [0, 0.05) is 42.0 Å². The molecule has 0 bridgehead atoms. The number of para-hydroxylation sites is 2. The summed E-state index contributed by atoms with van der Waals surface area (Å²) in [6.45, 7) is 8.35. The van der Waals surface area contributed by atoms with Gasteiger partial charge in [-0.1, -0.05) is 170 Å². The fraction of sp³-hybridized carbons (Fsp3) is 0.127. The molecule has 2 aliphatic rings. The molecule has 0 spiro atoms. The zero-order valence-corrected chi connectivity index (χ0v) is 34.8. The fourth-order valence-corrected chi connectivity index (χ4v) is 11.3. The smallest absolute Gasteiger partial charge is 0.456 e. The molecule has 0 unspecified atom stereocenters. The molecule has 0 N–H and O–H groups in total. The second-order valence-electron chi connectivity index (χ2n) is 17.4. The predicted molar refractivity (Wildman–Crippen MR) is 251 cm³/mol. The highest BCUT2D eigenvalue weighted by Gasteiger charge is 2.52. The molecular weight excluding hydrogens is 751 g/mol. The van der Waals surface area contributed by atoms with Crippen molar-refractivity contribution in [2.24, 2.45) is 0 Å². The van der Waals surface area contributed by atoms with Gasteiger partial charge in [0.25, 0.3) is 0 Å². The molecular formula is C55H41BO3S. The van der Waals surface area contributed by atoms with Crippen molar-refractivity contribution in [1.29, 1.82) is 0 Å². The van der Waals surface area contributed by atoms with Crippen LogP contribution in [0.4, 0.5) is 0 Å². The molecule has 1 aliphatic carbocycles. The minimum Gasteiger partial charge on any atom is -0.456 e. The number of fused-ring (bicyclic) bond motifs is 9. The Hall–Kier alpha value is -6.24. The topological polar surface area (TPSA) is 31.6 Å². The van der Waals surface area contributed by atoms with Gasteiger partial charge in [-0.15, -0.1) is 11.3 Å². The zero-order valence-electron chi connectivity index (χ0n) is 34.0. The van der Waals surface area contributed by atoms with Crippen molar-refractivity contribution >= 4 is 66.0 Å². The quantitative estimate of drug-likeness (QED) is 0.163. The van der Waals surface area contributed by atoms with E-state index in [1.54, 1.807) is 0 Å². The molecule has 1 aliphatic heterocycles. The number of benzene rings is 8. The van der Waals surface area contributed by atoms with Crippen LogP contribution in [0.2, 0.25) is 0 Å². The van der Waals surface area contributed by atoms with Gasteiger partial charge in [0.05, 0.1) is 16.6 Å². The van der Waals surface area contributed by atoms with Crippen LogP contribution in [-0.2, 0) is 14.7 Å². The van der Waals surface area contributed by atoms with Gasteiger partial charge < -0.3 is 13.7 Å². The van der Waals surface area contributed by atoms with E-state index in [1.165, 1.54) is 64.7 Å². The average molecular weight is 793 g/mol. The second-order valence-corrected chi connectivity index (χ2v) is 18.4. The number of thiophene rings is 1. The first kappa shape index (κ1) is 35.7. The van der Waals surface area contributed by atoms with Gasteiger partial charge in [0.1, 0.15) is 11.2 Å². The van der Waals surface area contributed by atoms with E-state index >= 15 is 0 Å². The maximum atomic E-state index is 6.86. The van der Waals surface area contributed by atoms with Gasteiger partial charge in [-0.05, 0) is 83.8 Å². The lowest BCUT2D eigenvalue weighted by molar-refractivity contribution is 0.00578. The van der Waals surface area contributed by atoms with E-state index in [2.05, 4.69) is 204 Å². The van der Waals surface area contributed by atoms with Crippen molar-refractivity contribution in [3.05, 3.63) is 198 Å². The Labute approximate surface area is 354 Å². The molecule has 1 fully saturated rings. The van der Waals surface area contributed by atoms with Crippen molar-refractivity contribution < 1.29 is 13.7 Å². The van der Waals surface area contributed by atoms with E-state index in [1.807, 2.05) is 11.3 Å². The Bertz CT molecular complexity index is 3270. The number of hydrogen-bond donors (Lipinski definition) is 0. The van der Waals surface area contributed by atoms with Crippen molar-refractivity contribution in [3.63, 3.8) is 0 Å². The molecule has 0 atom stereocenters. The van der Waals surface area contributed by atoms with E-state index in [9.17, 15) is 0 Å². The summed E-state index contributed by atoms with van der Waals surface area (Å²) in [7, 11) is -0.519. The predicted octanol–water partition coefficient (Wildman–Crippen LogP) is 14.0. The molecule has 0 saturated carbocycles. The third kappa shape index (κ3) is 4.97. The Morgan fingerprint density at radius 2 is 0.900 bits per heavy atom. The van der Waals surface area contributed by atoms with Crippen molar-refractivity contribution in [2.45, 2.75) is 44.3 Å². The summed E-state index contributed by atoms with van der Waals surface area (Å²) in [4.78, 5) is 0. The molecule has 0 radical (unpaired) electrons. The Kier molecular flexibility index (Phi) is 7.66. The molecule has 3 nitrogen and oxygen atoms in total. The van der Waals surface area contributed by atoms with Crippen molar-refractivity contribution in [2.75, 3.05) is 0 Å². The summed E-state index contributed by atoms with van der Waals surface area (Å²) in [5.41, 5.74) is 13.4. The second kappa shape index (κ2) is 12.9. The molecule has 2 aromatic heterocycles. The van der Waals surface area contributed by atoms with Gasteiger partial charge in [-0.3, -0.25) is 0 Å². The fourth-order valence-electron chi connectivity index (χ4n) is 10.0. The summed E-state index contributed by atoms with van der Waals surface area (Å²) in [5, 5.41) is 4.77. The molecule has 12 rings (SSSR count). The van der Waals surface area contributed by atoms with Crippen LogP contribution in [0, 0.1) is 0 Å². The van der Waals surface area contributed by atoms with E-state index < -0.39 is 23.7 Å². The van der Waals surface area contributed by atoms with Gasteiger partial charge in [0.2, 0.25) is 0 Å². The van der Waals surface area contributed by atoms with E-state index in [0.29, 0.717) is 0 Å². The van der Waals surface area contributed by atoms with Gasteiger partial charge >= 0.3 is 7.12 Å². The third-order valence-electron chi connectivity index (χ3n) is 13.7. The highest BCUT2D eigenvalue weighted by molar-refractivity contribution is 7.26. The lowest BCUT2D eigenvalue weighted by Crippen LogP contribution is -2.41. The first-order chi connectivity index (χ1) is 29.2. The number of rotatable bonds is 5. The van der Waals surface area contributed by atoms with Crippen molar-refractivity contribution in [1.82, 2.24) is 0 Å². The summed E-state index contributed by atoms with van der Waals surface area (Å²) in [6.07, 6.45) is 0. The van der Waals surface area contributed by atoms with Crippen LogP contribution in [0.15, 0.2) is 180 Å². The summed E-state index contributed by atoms with van der Waals surface area (Å²) in [5.74, 6) is 0. The molecule has 1 saturated heterocycles. The lowest BCUT2D eigenvalue weighted by atomic mass is 9.67. The average Bonchev–Trinajstić information content (AvgIpc) is 4.00. The van der Waals surface area contributed by atoms with Gasteiger partial charge in [0.15, 0.2) is 0 Å². The Morgan fingerprint density at radius 1 is 0.417 bits per heavy atom. The normalized spacial score (nSPS) is 16.2. The summed E-state index contributed by atoms with van der Waals surface area (Å²) < 4.78 is 22.5. The van der Waals surface area contributed by atoms with Crippen LogP contribution < -0.4 is 5.46 Å². The summed E-state index contributed by atoms with van der Waals surface area (Å²) in [6, 6.07) is 64.7. The molecule has 288 valence electrons. The molecule has 8 aromatic carbocycles. The Morgan fingerprint density at radius 3 is 1.55 bits per heavy atom. The summed E-state index contributed by atoms with van der Waals surface area (Å²) >= 11 is 1.88. The highest BCUT2D eigenvalue weighted by Crippen LogP contribution is 2.56. The number of hydrogen-bond acceptors (Lipinski definition) is 4. The zero-order chi connectivity index (χ0) is 40.4. The van der Waals surface area contributed by atoms with Crippen LogP contribution in [0.5, 0.6) is 0 Å². The van der Waals surface area contributed by atoms with Gasteiger partial charge in [-0.25, -0.2) is 0 Å². The standard InChI is InChI=1S/C55H41BO3S/c1-53(2)54(3,4)59-56(58-53)48-24-13-20-44-43-19-11-17-38(50(43)57-51(44)48)34-26-30-36(31-27-34)55(46-22-8-5-14-40(46)41-15-6-9-23-47(41)55)37-32-28-35(29-33-37)39-18-12-21-45-42-16-7-10-25-49(42)60-52(39)45/h5-33H,1-4H3. The molecule has 5 heteroatoms. The van der Waals surface area contributed by atoms with Crippen LogP contribution >= 0.6 is 11.3 Å². The van der Waals surface area contributed by atoms with E-state index in [-0.39, 0.29) is 0 Å². The van der Waals surface area contributed by atoms with Crippen molar-refractivity contribution in [3.8, 4) is 33.4 Å². The minimum absolute atomic E-state index is 0.452. The Balaban J connectivity index is 0.994. The molecule has 60 heavy (non-hydrogen) atoms. The molecule has 10 aromatic rings. The largest absolute Gasteiger partial charge is 0.498 e. The first-order valence-corrected chi connectivity index (χ1v) is 21.7. The van der Waals surface area contributed by atoms with Crippen LogP contribution in [-0.4, -0.2) is 18.3 Å². The van der Waals surface area contributed by atoms with Crippen LogP contribution in [0.3, 0.4) is 0 Å². The maximum Gasteiger partial charge on any atom is 0.498 e. The van der Waals surface area contributed by atoms with Crippen LogP contribution in [0.1, 0.15) is 49.9 Å². The molecule has 0 amide bonds. The minimum atomic E-state index is -0.519. The molecule has 3 heterocycles.